The Hall–Kier alpha value is -1.27. The summed E-state index contributed by atoms with van der Waals surface area (Å²) in [7, 11) is 0. The molecule has 0 aliphatic carbocycles. The van der Waals surface area contributed by atoms with Crippen molar-refractivity contribution in [2.45, 2.75) is 12.4 Å². The van der Waals surface area contributed by atoms with Crippen molar-refractivity contribution >= 4 is 0 Å². The van der Waals surface area contributed by atoms with Gasteiger partial charge in [0, 0.05) is 12.6 Å². The lowest BCUT2D eigenvalue weighted by molar-refractivity contribution is -0.274. The monoisotopic (exact) mass is 220 g/mol. The van der Waals surface area contributed by atoms with Crippen LogP contribution in [0.2, 0.25) is 0 Å². The van der Waals surface area contributed by atoms with Crippen LogP contribution in [0.4, 0.5) is 13.2 Å². The molecule has 0 saturated heterocycles. The van der Waals surface area contributed by atoms with E-state index in [2.05, 4.69) is 4.74 Å². The highest BCUT2D eigenvalue weighted by Crippen LogP contribution is 2.23. The quantitative estimate of drug-likeness (QED) is 0.812. The van der Waals surface area contributed by atoms with E-state index in [1.807, 2.05) is 0 Å². The van der Waals surface area contributed by atoms with Crippen molar-refractivity contribution in [2.24, 2.45) is 11.5 Å². The lowest BCUT2D eigenvalue weighted by Gasteiger charge is -2.11. The fourth-order valence-electron chi connectivity index (χ4n) is 1.05. The van der Waals surface area contributed by atoms with Crippen LogP contribution >= 0.6 is 0 Å². The predicted octanol–water partition coefficient (Wildman–Crippen LogP) is 1.54. The van der Waals surface area contributed by atoms with Crippen LogP contribution in [0.1, 0.15) is 11.6 Å². The van der Waals surface area contributed by atoms with Gasteiger partial charge in [-0.3, -0.25) is 0 Å². The smallest absolute Gasteiger partial charge is 0.406 e. The Bertz CT molecular complexity index is 310. The van der Waals surface area contributed by atoms with Gasteiger partial charge in [0.1, 0.15) is 5.75 Å². The van der Waals surface area contributed by atoms with Gasteiger partial charge in [-0.15, -0.1) is 13.2 Å². The minimum Gasteiger partial charge on any atom is -0.406 e. The van der Waals surface area contributed by atoms with Gasteiger partial charge in [0.15, 0.2) is 0 Å². The third-order valence-electron chi connectivity index (χ3n) is 1.80. The Balaban J connectivity index is 2.72. The Morgan fingerprint density at radius 2 is 1.73 bits per heavy atom. The second-order valence-corrected chi connectivity index (χ2v) is 2.96. The fourth-order valence-corrected chi connectivity index (χ4v) is 1.05. The Labute approximate surface area is 84.8 Å². The predicted molar refractivity (Wildman–Crippen MR) is 49.1 cm³/mol. The van der Waals surface area contributed by atoms with Gasteiger partial charge < -0.3 is 16.2 Å². The molecule has 1 aromatic rings. The minimum absolute atomic E-state index is 0.236. The lowest BCUT2D eigenvalue weighted by atomic mass is 10.1. The molecule has 0 heterocycles. The molecule has 1 rings (SSSR count). The zero-order chi connectivity index (χ0) is 11.5. The molecule has 0 spiro atoms. The topological polar surface area (TPSA) is 61.3 Å². The van der Waals surface area contributed by atoms with Crippen molar-refractivity contribution in [3.8, 4) is 5.75 Å². The number of benzene rings is 1. The highest BCUT2D eigenvalue weighted by Gasteiger charge is 2.30. The molecule has 0 aromatic heterocycles. The second-order valence-electron chi connectivity index (χ2n) is 2.96. The molecular formula is C9H11F3N2O. The molecule has 1 atom stereocenters. The molecular weight excluding hydrogens is 209 g/mol. The first-order chi connectivity index (χ1) is 6.92. The number of hydrogen-bond donors (Lipinski definition) is 2. The first-order valence-corrected chi connectivity index (χ1v) is 4.24. The zero-order valence-electron chi connectivity index (χ0n) is 7.79. The van der Waals surface area contributed by atoms with Crippen molar-refractivity contribution in [1.29, 1.82) is 0 Å². The number of halogens is 3. The van der Waals surface area contributed by atoms with E-state index >= 15 is 0 Å². The molecule has 1 aromatic carbocycles. The summed E-state index contributed by atoms with van der Waals surface area (Å²) in [5, 5.41) is 0. The van der Waals surface area contributed by atoms with Crippen LogP contribution in [0.5, 0.6) is 5.75 Å². The normalized spacial score (nSPS) is 13.7. The standard InChI is InChI=1S/C9H11F3N2O/c10-9(11,12)15-7-3-1-6(2-4-7)8(14)5-13/h1-4,8H,5,13-14H2/t8-/m0/s1. The average Bonchev–Trinajstić information content (AvgIpc) is 2.15. The van der Waals surface area contributed by atoms with Gasteiger partial charge in [-0.25, -0.2) is 0 Å². The van der Waals surface area contributed by atoms with Crippen LogP contribution < -0.4 is 16.2 Å². The van der Waals surface area contributed by atoms with Crippen molar-refractivity contribution in [2.75, 3.05) is 6.54 Å². The first-order valence-electron chi connectivity index (χ1n) is 4.24. The molecule has 6 heteroatoms. The van der Waals surface area contributed by atoms with Gasteiger partial charge in [0.2, 0.25) is 0 Å². The van der Waals surface area contributed by atoms with E-state index < -0.39 is 6.36 Å². The van der Waals surface area contributed by atoms with E-state index in [-0.39, 0.29) is 18.3 Å². The molecule has 0 amide bonds. The Morgan fingerprint density at radius 1 is 1.20 bits per heavy atom. The largest absolute Gasteiger partial charge is 0.573 e. The molecule has 0 unspecified atom stereocenters. The number of alkyl halides is 3. The lowest BCUT2D eigenvalue weighted by Crippen LogP contribution is -2.21. The highest BCUT2D eigenvalue weighted by atomic mass is 19.4. The Kier molecular flexibility index (Phi) is 3.54. The maximum Gasteiger partial charge on any atom is 0.573 e. The average molecular weight is 220 g/mol. The summed E-state index contributed by atoms with van der Waals surface area (Å²) < 4.78 is 39.1. The summed E-state index contributed by atoms with van der Waals surface area (Å²) in [6.45, 7) is 0.236. The summed E-state index contributed by atoms with van der Waals surface area (Å²) in [6, 6.07) is 4.96. The summed E-state index contributed by atoms with van der Waals surface area (Å²) in [5.41, 5.74) is 11.6. The minimum atomic E-state index is -4.67. The summed E-state index contributed by atoms with van der Waals surface area (Å²) in [5.74, 6) is -0.268. The van der Waals surface area contributed by atoms with Crippen LogP contribution in [0.25, 0.3) is 0 Å². The molecule has 15 heavy (non-hydrogen) atoms. The molecule has 0 saturated carbocycles. The van der Waals surface area contributed by atoms with Crippen LogP contribution in [0.15, 0.2) is 24.3 Å². The summed E-state index contributed by atoms with van der Waals surface area (Å²) in [6.07, 6.45) is -4.67. The van der Waals surface area contributed by atoms with E-state index in [1.54, 1.807) is 0 Å². The second kappa shape index (κ2) is 4.50. The number of nitrogens with two attached hydrogens (primary N) is 2. The summed E-state index contributed by atoms with van der Waals surface area (Å²) in [4.78, 5) is 0. The highest BCUT2D eigenvalue weighted by molar-refractivity contribution is 5.29. The fraction of sp³-hybridized carbons (Fsp3) is 0.333. The molecule has 0 aliphatic rings. The van der Waals surface area contributed by atoms with Crippen molar-refractivity contribution in [1.82, 2.24) is 0 Å². The molecule has 3 nitrogen and oxygen atoms in total. The molecule has 0 fully saturated rings. The maximum absolute atomic E-state index is 11.8. The van der Waals surface area contributed by atoms with Gasteiger partial charge >= 0.3 is 6.36 Å². The summed E-state index contributed by atoms with van der Waals surface area (Å²) >= 11 is 0. The van der Waals surface area contributed by atoms with Crippen LogP contribution in [0.3, 0.4) is 0 Å². The van der Waals surface area contributed by atoms with Crippen LogP contribution in [-0.2, 0) is 0 Å². The third kappa shape index (κ3) is 3.77. The number of hydrogen-bond acceptors (Lipinski definition) is 3. The van der Waals surface area contributed by atoms with Gasteiger partial charge in [0.25, 0.3) is 0 Å². The molecule has 4 N–H and O–H groups in total. The number of rotatable bonds is 3. The number of ether oxygens (including phenoxy) is 1. The van der Waals surface area contributed by atoms with E-state index in [0.29, 0.717) is 5.56 Å². The van der Waals surface area contributed by atoms with Gasteiger partial charge in [0.05, 0.1) is 0 Å². The van der Waals surface area contributed by atoms with Gasteiger partial charge in [-0.2, -0.15) is 0 Å². The zero-order valence-corrected chi connectivity index (χ0v) is 7.79. The SMILES string of the molecule is NC[C@H](N)c1ccc(OC(F)(F)F)cc1. The van der Waals surface area contributed by atoms with Crippen molar-refractivity contribution < 1.29 is 17.9 Å². The Morgan fingerprint density at radius 3 is 2.13 bits per heavy atom. The van der Waals surface area contributed by atoms with Gasteiger partial charge in [-0.1, -0.05) is 12.1 Å². The molecule has 84 valence electrons. The van der Waals surface area contributed by atoms with E-state index in [1.165, 1.54) is 24.3 Å². The van der Waals surface area contributed by atoms with Gasteiger partial charge in [-0.05, 0) is 17.7 Å². The molecule has 0 aliphatic heterocycles. The van der Waals surface area contributed by atoms with Crippen LogP contribution in [0, 0.1) is 0 Å². The van der Waals surface area contributed by atoms with Crippen LogP contribution in [-0.4, -0.2) is 12.9 Å². The van der Waals surface area contributed by atoms with Crippen molar-refractivity contribution in [3.05, 3.63) is 29.8 Å². The van der Waals surface area contributed by atoms with E-state index in [0.717, 1.165) is 0 Å². The van der Waals surface area contributed by atoms with Crippen molar-refractivity contribution in [3.63, 3.8) is 0 Å². The maximum atomic E-state index is 11.8. The molecule has 0 radical (unpaired) electrons. The molecule has 0 bridgehead atoms. The van der Waals surface area contributed by atoms with E-state index in [9.17, 15) is 13.2 Å². The third-order valence-corrected chi connectivity index (χ3v) is 1.80. The van der Waals surface area contributed by atoms with E-state index in [4.69, 9.17) is 11.5 Å². The first kappa shape index (κ1) is 11.8.